The lowest BCUT2D eigenvalue weighted by molar-refractivity contribution is -0.122. The van der Waals surface area contributed by atoms with Crippen molar-refractivity contribution in [3.8, 4) is 17.2 Å². The van der Waals surface area contributed by atoms with Crippen molar-refractivity contribution in [2.75, 3.05) is 31.4 Å². The van der Waals surface area contributed by atoms with Crippen LogP contribution in [0.4, 0.5) is 18.9 Å². The third-order valence-electron chi connectivity index (χ3n) is 6.73. The number of amides is 2. The van der Waals surface area contributed by atoms with Crippen molar-refractivity contribution < 1.29 is 37.0 Å². The van der Waals surface area contributed by atoms with Gasteiger partial charge in [0.25, 0.3) is 5.91 Å². The third-order valence-corrected chi connectivity index (χ3v) is 6.73. The van der Waals surface area contributed by atoms with Gasteiger partial charge in [0.05, 0.1) is 5.56 Å². The number of anilines is 1. The second kappa shape index (κ2) is 8.18. The number of nitrogens with one attached hydrogen (secondary N) is 1. The third kappa shape index (κ3) is 3.20. The Morgan fingerprint density at radius 1 is 0.972 bits per heavy atom. The molecule has 1 unspecified atom stereocenters. The molecule has 1 N–H and O–H groups in total. The smallest absolute Gasteiger partial charge is 0.254 e. The number of fused-ring (bicyclic) bond motifs is 5. The normalized spacial score (nSPS) is 18.9. The molecule has 36 heavy (non-hydrogen) atoms. The molecule has 10 heteroatoms. The number of benzene rings is 3. The fourth-order valence-corrected chi connectivity index (χ4v) is 5.04. The summed E-state index contributed by atoms with van der Waals surface area (Å²) in [6, 6.07) is 11.9. The predicted octanol–water partition coefficient (Wildman–Crippen LogP) is 3.68. The van der Waals surface area contributed by atoms with E-state index in [1.165, 1.54) is 0 Å². The number of hydrogen-bond donors (Lipinski definition) is 1. The molecule has 0 saturated heterocycles. The maximum atomic E-state index is 13.9. The summed E-state index contributed by atoms with van der Waals surface area (Å²) in [4.78, 5) is 27.8. The Kier molecular flexibility index (Phi) is 5.06. The highest BCUT2D eigenvalue weighted by atomic mass is 19.2. The van der Waals surface area contributed by atoms with Gasteiger partial charge >= 0.3 is 0 Å². The molecular weight excluding hydrogens is 477 g/mol. The second-order valence-corrected chi connectivity index (χ2v) is 8.73. The first-order chi connectivity index (χ1) is 17.4. The van der Waals surface area contributed by atoms with Crippen molar-refractivity contribution in [2.45, 2.75) is 11.8 Å². The van der Waals surface area contributed by atoms with Crippen molar-refractivity contribution in [1.82, 2.24) is 5.32 Å². The summed E-state index contributed by atoms with van der Waals surface area (Å²) in [5, 5.41) is 2.46. The van der Waals surface area contributed by atoms with Crippen molar-refractivity contribution in [3.05, 3.63) is 82.7 Å². The van der Waals surface area contributed by atoms with E-state index in [2.05, 4.69) is 5.32 Å². The van der Waals surface area contributed by atoms with E-state index < -0.39 is 34.3 Å². The summed E-state index contributed by atoms with van der Waals surface area (Å²) >= 11 is 0. The number of carbonyl (C=O) groups excluding carboxylic acids is 2. The van der Waals surface area contributed by atoms with Crippen LogP contribution in [-0.2, 0) is 10.2 Å². The van der Waals surface area contributed by atoms with Gasteiger partial charge in [0.15, 0.2) is 23.1 Å². The van der Waals surface area contributed by atoms with Crippen molar-refractivity contribution in [3.63, 3.8) is 0 Å². The van der Waals surface area contributed by atoms with E-state index in [4.69, 9.17) is 14.2 Å². The molecule has 184 valence electrons. The van der Waals surface area contributed by atoms with E-state index in [0.29, 0.717) is 41.4 Å². The number of halogens is 3. The SMILES string of the molecule is O=C(NCCCN1C(=O)C2(COc3cc4c(cc32)OCO4)c2ccccc21)c1cc(F)cc(F)c1F. The van der Waals surface area contributed by atoms with E-state index in [0.717, 1.165) is 11.3 Å². The fraction of sp³-hybridized carbons (Fsp3) is 0.231. The molecule has 0 aromatic heterocycles. The van der Waals surface area contributed by atoms with Crippen LogP contribution in [0.25, 0.3) is 0 Å². The van der Waals surface area contributed by atoms with Gasteiger partial charge in [0.1, 0.15) is 23.6 Å². The fourth-order valence-electron chi connectivity index (χ4n) is 5.04. The lowest BCUT2D eigenvalue weighted by atomic mass is 9.77. The first-order valence-corrected chi connectivity index (χ1v) is 11.3. The summed E-state index contributed by atoms with van der Waals surface area (Å²) in [6.07, 6.45) is 0.316. The summed E-state index contributed by atoms with van der Waals surface area (Å²) < 4.78 is 57.6. The van der Waals surface area contributed by atoms with E-state index in [1.54, 1.807) is 17.0 Å². The van der Waals surface area contributed by atoms with Crippen LogP contribution in [0.2, 0.25) is 0 Å². The molecule has 7 nitrogen and oxygen atoms in total. The van der Waals surface area contributed by atoms with E-state index in [1.807, 2.05) is 24.3 Å². The number of ether oxygens (including phenoxy) is 3. The number of rotatable bonds is 5. The highest BCUT2D eigenvalue weighted by Crippen LogP contribution is 2.54. The molecule has 3 aromatic carbocycles. The molecule has 0 saturated carbocycles. The molecule has 1 atom stereocenters. The first-order valence-electron chi connectivity index (χ1n) is 11.3. The van der Waals surface area contributed by atoms with Crippen LogP contribution in [-0.4, -0.2) is 38.3 Å². The Bertz CT molecular complexity index is 1430. The molecule has 0 bridgehead atoms. The van der Waals surface area contributed by atoms with E-state index in [-0.39, 0.29) is 32.4 Å². The molecule has 3 heterocycles. The topological polar surface area (TPSA) is 77.1 Å². The van der Waals surface area contributed by atoms with Gasteiger partial charge in [0, 0.05) is 36.5 Å². The molecular formula is C26H19F3N2O5. The number of para-hydroxylation sites is 1. The highest BCUT2D eigenvalue weighted by molar-refractivity contribution is 6.11. The van der Waals surface area contributed by atoms with Crippen molar-refractivity contribution in [2.24, 2.45) is 0 Å². The zero-order valence-corrected chi connectivity index (χ0v) is 18.8. The van der Waals surface area contributed by atoms with Gasteiger partial charge in [-0.15, -0.1) is 0 Å². The highest BCUT2D eigenvalue weighted by Gasteiger charge is 2.57. The molecule has 3 aliphatic heterocycles. The first kappa shape index (κ1) is 22.3. The number of hydrogen-bond acceptors (Lipinski definition) is 5. The lowest BCUT2D eigenvalue weighted by Gasteiger charge is -2.23. The van der Waals surface area contributed by atoms with E-state index in [9.17, 15) is 22.8 Å². The predicted molar refractivity (Wildman–Crippen MR) is 121 cm³/mol. The van der Waals surface area contributed by atoms with Crippen molar-refractivity contribution >= 4 is 17.5 Å². The molecule has 3 aromatic rings. The van der Waals surface area contributed by atoms with Gasteiger partial charge in [-0.1, -0.05) is 18.2 Å². The van der Waals surface area contributed by atoms with Gasteiger partial charge < -0.3 is 24.4 Å². The summed E-state index contributed by atoms with van der Waals surface area (Å²) in [5.74, 6) is -3.36. The Morgan fingerprint density at radius 3 is 2.58 bits per heavy atom. The summed E-state index contributed by atoms with van der Waals surface area (Å²) in [7, 11) is 0. The average Bonchev–Trinajstić information content (AvgIpc) is 3.54. The zero-order chi connectivity index (χ0) is 25.0. The minimum absolute atomic E-state index is 0.0567. The quantitative estimate of drug-likeness (QED) is 0.431. The largest absolute Gasteiger partial charge is 0.491 e. The minimum Gasteiger partial charge on any atom is -0.491 e. The minimum atomic E-state index is -1.44. The second-order valence-electron chi connectivity index (χ2n) is 8.73. The molecule has 3 aliphatic rings. The summed E-state index contributed by atoms with van der Waals surface area (Å²) in [5.41, 5.74) is 0.463. The van der Waals surface area contributed by atoms with Crippen LogP contribution in [0.5, 0.6) is 17.2 Å². The monoisotopic (exact) mass is 496 g/mol. The summed E-state index contributed by atoms with van der Waals surface area (Å²) in [6.45, 7) is 0.525. The standard InChI is InChI=1S/C26H19F3N2O5/c27-14-8-15(23(29)18(28)9-14)24(32)30-6-3-7-31-19-5-2-1-4-16(19)26(25(31)33)12-34-20-11-22-21(10-17(20)26)35-13-36-22/h1-2,4-5,8-11H,3,6-7,12-13H2,(H,30,32). The van der Waals surface area contributed by atoms with Crippen LogP contribution in [0.1, 0.15) is 27.9 Å². The Labute approximate surface area is 203 Å². The molecule has 0 fully saturated rings. The number of carbonyl (C=O) groups is 2. The molecule has 2 amide bonds. The van der Waals surface area contributed by atoms with Crippen LogP contribution < -0.4 is 24.4 Å². The van der Waals surface area contributed by atoms with Gasteiger partial charge in [-0.05, 0) is 30.2 Å². The molecule has 0 aliphatic carbocycles. The molecule has 6 rings (SSSR count). The Morgan fingerprint density at radius 2 is 1.75 bits per heavy atom. The lowest BCUT2D eigenvalue weighted by Crippen LogP contribution is -2.43. The zero-order valence-electron chi connectivity index (χ0n) is 18.8. The number of nitrogens with zero attached hydrogens (tertiary/aromatic N) is 1. The maximum absolute atomic E-state index is 13.9. The molecule has 0 radical (unpaired) electrons. The Balaban J connectivity index is 1.21. The van der Waals surface area contributed by atoms with Crippen LogP contribution in [0.15, 0.2) is 48.5 Å². The van der Waals surface area contributed by atoms with Gasteiger partial charge in [0.2, 0.25) is 12.7 Å². The van der Waals surface area contributed by atoms with Crippen LogP contribution in [0, 0.1) is 17.5 Å². The van der Waals surface area contributed by atoms with Crippen LogP contribution >= 0.6 is 0 Å². The average molecular weight is 496 g/mol. The molecule has 1 spiro atoms. The van der Waals surface area contributed by atoms with Gasteiger partial charge in [-0.25, -0.2) is 13.2 Å². The Hall–Kier alpha value is -4.21. The van der Waals surface area contributed by atoms with Gasteiger partial charge in [-0.3, -0.25) is 9.59 Å². The van der Waals surface area contributed by atoms with Crippen LogP contribution in [0.3, 0.4) is 0 Å². The van der Waals surface area contributed by atoms with Crippen molar-refractivity contribution in [1.29, 1.82) is 0 Å². The van der Waals surface area contributed by atoms with E-state index >= 15 is 0 Å². The maximum Gasteiger partial charge on any atom is 0.254 e. The van der Waals surface area contributed by atoms with Gasteiger partial charge in [-0.2, -0.15) is 0 Å².